The van der Waals surface area contributed by atoms with Gasteiger partial charge in [0.25, 0.3) is 5.91 Å². The molecule has 0 saturated carbocycles. The minimum Gasteiger partial charge on any atom is -0.507 e. The summed E-state index contributed by atoms with van der Waals surface area (Å²) < 4.78 is 0. The van der Waals surface area contributed by atoms with E-state index < -0.39 is 5.91 Å². The highest BCUT2D eigenvalue weighted by molar-refractivity contribution is 6.07. The van der Waals surface area contributed by atoms with Gasteiger partial charge in [-0.2, -0.15) is 5.10 Å². The zero-order valence-electron chi connectivity index (χ0n) is 14.2. The number of nitrogens with zero attached hydrogens (tertiary/aromatic N) is 1. The van der Waals surface area contributed by atoms with Crippen molar-refractivity contribution in [3.63, 3.8) is 0 Å². The van der Waals surface area contributed by atoms with Crippen molar-refractivity contribution in [2.75, 3.05) is 5.32 Å². The molecule has 3 rings (SSSR count). The van der Waals surface area contributed by atoms with Crippen LogP contribution in [0.15, 0.2) is 36.4 Å². The Morgan fingerprint density at radius 2 is 1.64 bits per heavy atom. The number of benzene rings is 2. The molecule has 6 heteroatoms. The number of amides is 1. The molecular formula is C19H19N3O3. The molecule has 6 nitrogen and oxygen atoms in total. The summed E-state index contributed by atoms with van der Waals surface area (Å²) in [5.41, 5.74) is 5.07. The molecule has 0 radical (unpaired) electrons. The fraction of sp³-hybridized carbons (Fsp3) is 0.158. The maximum Gasteiger partial charge on any atom is 0.264 e. The summed E-state index contributed by atoms with van der Waals surface area (Å²) in [6, 6.07) is 10.0. The Morgan fingerprint density at radius 3 is 2.32 bits per heavy atom. The van der Waals surface area contributed by atoms with Crippen LogP contribution < -0.4 is 5.32 Å². The van der Waals surface area contributed by atoms with Crippen molar-refractivity contribution in [3.8, 4) is 22.8 Å². The molecule has 1 amide bonds. The normalized spacial score (nSPS) is 10.7. The van der Waals surface area contributed by atoms with E-state index in [1.807, 2.05) is 13.8 Å². The lowest BCUT2D eigenvalue weighted by Gasteiger charge is -2.08. The van der Waals surface area contributed by atoms with Gasteiger partial charge >= 0.3 is 0 Å². The number of hydrogen-bond acceptors (Lipinski definition) is 4. The van der Waals surface area contributed by atoms with E-state index in [0.717, 1.165) is 16.8 Å². The molecule has 128 valence electrons. The molecule has 0 aliphatic rings. The van der Waals surface area contributed by atoms with Gasteiger partial charge in [-0.15, -0.1) is 0 Å². The van der Waals surface area contributed by atoms with Crippen molar-refractivity contribution in [1.29, 1.82) is 0 Å². The van der Waals surface area contributed by atoms with Gasteiger partial charge in [0.05, 0.1) is 5.69 Å². The second kappa shape index (κ2) is 6.32. The third-order valence-corrected chi connectivity index (χ3v) is 4.20. The summed E-state index contributed by atoms with van der Waals surface area (Å²) in [4.78, 5) is 12.3. The number of phenolic OH excluding ortho intramolecular Hbond substituents is 2. The molecule has 0 bridgehead atoms. The number of aromatic nitrogens is 2. The van der Waals surface area contributed by atoms with E-state index in [1.165, 1.54) is 29.3 Å². The van der Waals surface area contributed by atoms with Gasteiger partial charge in [0.2, 0.25) is 0 Å². The van der Waals surface area contributed by atoms with Crippen LogP contribution in [-0.4, -0.2) is 26.3 Å². The number of rotatable bonds is 3. The fourth-order valence-corrected chi connectivity index (χ4v) is 2.71. The Bertz CT molecular complexity index is 940. The van der Waals surface area contributed by atoms with Crippen LogP contribution in [0.4, 0.5) is 5.82 Å². The molecule has 3 aromatic rings. The lowest BCUT2D eigenvalue weighted by atomic mass is 9.99. The van der Waals surface area contributed by atoms with E-state index in [9.17, 15) is 15.0 Å². The molecule has 2 aromatic carbocycles. The number of hydrogen-bond donors (Lipinski definition) is 4. The molecule has 1 heterocycles. The van der Waals surface area contributed by atoms with Gasteiger partial charge in [0.1, 0.15) is 17.1 Å². The minimum absolute atomic E-state index is 0.186. The first-order valence-corrected chi connectivity index (χ1v) is 7.82. The molecule has 0 aliphatic heterocycles. The van der Waals surface area contributed by atoms with Gasteiger partial charge in [0.15, 0.2) is 5.82 Å². The third kappa shape index (κ3) is 3.19. The zero-order valence-corrected chi connectivity index (χ0v) is 14.2. The molecule has 0 atom stereocenters. The van der Waals surface area contributed by atoms with Gasteiger partial charge < -0.3 is 15.5 Å². The maximum absolute atomic E-state index is 12.3. The van der Waals surface area contributed by atoms with Gasteiger partial charge in [-0.05, 0) is 55.7 Å². The van der Waals surface area contributed by atoms with E-state index in [1.54, 1.807) is 6.07 Å². The predicted molar refractivity (Wildman–Crippen MR) is 96.0 cm³/mol. The topological polar surface area (TPSA) is 98.2 Å². The van der Waals surface area contributed by atoms with Gasteiger partial charge in [-0.1, -0.05) is 12.1 Å². The molecule has 0 fully saturated rings. The van der Waals surface area contributed by atoms with Crippen molar-refractivity contribution in [3.05, 3.63) is 58.7 Å². The van der Waals surface area contributed by atoms with Crippen molar-refractivity contribution in [2.45, 2.75) is 20.8 Å². The Hall–Kier alpha value is -3.28. The second-order valence-electron chi connectivity index (χ2n) is 6.04. The summed E-state index contributed by atoms with van der Waals surface area (Å²) in [5, 5.41) is 29.1. The number of carbonyl (C=O) groups is 1. The van der Waals surface area contributed by atoms with Gasteiger partial charge in [-0.3, -0.25) is 9.89 Å². The van der Waals surface area contributed by atoms with E-state index in [2.05, 4.69) is 34.6 Å². The van der Waals surface area contributed by atoms with Crippen LogP contribution in [0.3, 0.4) is 0 Å². The van der Waals surface area contributed by atoms with Crippen molar-refractivity contribution in [2.24, 2.45) is 0 Å². The SMILES string of the molecule is Cc1cc(C)c(-c2cc(NC(=O)c3c(O)cccc3O)n[nH]2)cc1C. The number of nitrogens with one attached hydrogen (secondary N) is 2. The summed E-state index contributed by atoms with van der Waals surface area (Å²) in [5.74, 6) is -0.915. The number of H-pyrrole nitrogens is 1. The Morgan fingerprint density at radius 1 is 1.00 bits per heavy atom. The highest BCUT2D eigenvalue weighted by Crippen LogP contribution is 2.29. The molecule has 0 spiro atoms. The third-order valence-electron chi connectivity index (χ3n) is 4.20. The number of aromatic hydroxyl groups is 2. The van der Waals surface area contributed by atoms with Crippen LogP contribution in [0.5, 0.6) is 11.5 Å². The highest BCUT2D eigenvalue weighted by Gasteiger charge is 2.17. The van der Waals surface area contributed by atoms with Crippen LogP contribution in [0.25, 0.3) is 11.3 Å². The average molecular weight is 337 g/mol. The van der Waals surface area contributed by atoms with Crippen LogP contribution in [0.2, 0.25) is 0 Å². The molecule has 0 aliphatic carbocycles. The van der Waals surface area contributed by atoms with Crippen LogP contribution in [-0.2, 0) is 0 Å². The van der Waals surface area contributed by atoms with Crippen LogP contribution in [0.1, 0.15) is 27.0 Å². The molecule has 0 saturated heterocycles. The number of anilines is 1. The first-order chi connectivity index (χ1) is 11.9. The Kier molecular flexibility index (Phi) is 4.19. The molecule has 0 unspecified atom stereocenters. The standard InChI is InChI=1S/C19H19N3O3/c1-10-7-12(3)13(8-11(10)2)14-9-17(22-21-14)20-19(25)18-15(23)5-4-6-16(18)24/h4-9,23-24H,1-3H3,(H2,20,21,22,25). The first-order valence-electron chi connectivity index (χ1n) is 7.82. The van der Waals surface area contributed by atoms with Crippen LogP contribution >= 0.6 is 0 Å². The quantitative estimate of drug-likeness (QED) is 0.586. The van der Waals surface area contributed by atoms with E-state index >= 15 is 0 Å². The second-order valence-corrected chi connectivity index (χ2v) is 6.04. The Balaban J connectivity index is 1.88. The van der Waals surface area contributed by atoms with Crippen LogP contribution in [0, 0.1) is 20.8 Å². The van der Waals surface area contributed by atoms with E-state index in [0.29, 0.717) is 5.82 Å². The molecular weight excluding hydrogens is 318 g/mol. The smallest absolute Gasteiger partial charge is 0.264 e. The highest BCUT2D eigenvalue weighted by atomic mass is 16.3. The Labute approximate surface area is 145 Å². The van der Waals surface area contributed by atoms with Crippen molar-refractivity contribution >= 4 is 11.7 Å². The van der Waals surface area contributed by atoms with Crippen molar-refractivity contribution in [1.82, 2.24) is 10.2 Å². The molecule has 25 heavy (non-hydrogen) atoms. The van der Waals surface area contributed by atoms with E-state index in [-0.39, 0.29) is 17.1 Å². The molecule has 4 N–H and O–H groups in total. The van der Waals surface area contributed by atoms with Gasteiger partial charge in [-0.25, -0.2) is 0 Å². The fourth-order valence-electron chi connectivity index (χ4n) is 2.71. The lowest BCUT2D eigenvalue weighted by Crippen LogP contribution is -2.12. The number of aryl methyl sites for hydroxylation is 3. The number of phenols is 2. The first kappa shape index (κ1) is 16.6. The monoisotopic (exact) mass is 337 g/mol. The predicted octanol–water partition coefficient (Wildman–Crippen LogP) is 3.67. The number of aromatic amines is 1. The summed E-state index contributed by atoms with van der Waals surface area (Å²) in [6.45, 7) is 6.11. The lowest BCUT2D eigenvalue weighted by molar-refractivity contribution is 0.102. The maximum atomic E-state index is 12.3. The minimum atomic E-state index is -0.634. The summed E-state index contributed by atoms with van der Waals surface area (Å²) in [7, 11) is 0. The van der Waals surface area contributed by atoms with Gasteiger partial charge in [0, 0.05) is 11.6 Å². The summed E-state index contributed by atoms with van der Waals surface area (Å²) in [6.07, 6.45) is 0. The summed E-state index contributed by atoms with van der Waals surface area (Å²) >= 11 is 0. The molecule has 1 aromatic heterocycles. The average Bonchev–Trinajstić information content (AvgIpc) is 2.99. The number of carbonyl (C=O) groups excluding carboxylic acids is 1. The van der Waals surface area contributed by atoms with Crippen molar-refractivity contribution < 1.29 is 15.0 Å². The van der Waals surface area contributed by atoms with E-state index in [4.69, 9.17) is 0 Å². The largest absolute Gasteiger partial charge is 0.507 e. The zero-order chi connectivity index (χ0) is 18.1.